The Hall–Kier alpha value is -3.41. The molecular formula is C23H22ClF6N5O5S. The van der Waals surface area contributed by atoms with Crippen molar-refractivity contribution in [1.29, 1.82) is 0 Å². The zero-order valence-corrected chi connectivity index (χ0v) is 22.4. The van der Waals surface area contributed by atoms with Crippen molar-refractivity contribution < 1.29 is 44.7 Å². The quantitative estimate of drug-likeness (QED) is 0.295. The molecular weight excluding hydrogens is 608 g/mol. The standard InChI is InChI=1S/C23H22ClF6N5O5S/c1-41(39,40)33-17(15-4-2-3-5-16(15)22(25,26)27)10-31-19(37)12-35-21(38)34(11-18(36)23(28,29)30)20(32-35)13-6-8-14(24)9-7-13/h2-9,17-18,33,36H,10-12H2,1H3,(H,31,37)/t17?,18-/m0/s1. The van der Waals surface area contributed by atoms with Crippen molar-refractivity contribution in [2.24, 2.45) is 0 Å². The van der Waals surface area contributed by atoms with Gasteiger partial charge in [-0.25, -0.2) is 22.6 Å². The lowest BCUT2D eigenvalue weighted by Gasteiger charge is -2.22. The molecule has 2 atom stereocenters. The number of benzene rings is 2. The first-order valence-electron chi connectivity index (χ1n) is 11.5. The second kappa shape index (κ2) is 12.2. The second-order valence-corrected chi connectivity index (χ2v) is 11.0. The molecule has 3 rings (SSSR count). The molecule has 224 valence electrons. The topological polar surface area (TPSA) is 135 Å². The molecule has 1 amide bonds. The second-order valence-electron chi connectivity index (χ2n) is 8.77. The number of carbonyl (C=O) groups is 1. The molecule has 10 nitrogen and oxygen atoms in total. The van der Waals surface area contributed by atoms with Crippen LogP contribution in [-0.4, -0.2) is 58.9 Å². The van der Waals surface area contributed by atoms with Gasteiger partial charge in [-0.3, -0.25) is 9.36 Å². The van der Waals surface area contributed by atoms with E-state index in [2.05, 4.69) is 10.4 Å². The Labute approximate surface area is 233 Å². The normalized spacial score (nSPS) is 14.1. The van der Waals surface area contributed by atoms with Crippen LogP contribution in [0.1, 0.15) is 17.2 Å². The zero-order chi connectivity index (χ0) is 30.8. The molecule has 3 N–H and O–H groups in total. The minimum absolute atomic E-state index is 0.126. The van der Waals surface area contributed by atoms with Crippen LogP contribution in [0.4, 0.5) is 26.3 Å². The Balaban J connectivity index is 1.90. The van der Waals surface area contributed by atoms with Crippen LogP contribution in [0.25, 0.3) is 11.4 Å². The first-order valence-corrected chi connectivity index (χ1v) is 13.7. The van der Waals surface area contributed by atoms with Gasteiger partial charge in [-0.2, -0.15) is 26.3 Å². The molecule has 0 aliphatic carbocycles. The van der Waals surface area contributed by atoms with Crippen LogP contribution in [0.5, 0.6) is 0 Å². The highest BCUT2D eigenvalue weighted by atomic mass is 35.5. The number of amides is 1. The summed E-state index contributed by atoms with van der Waals surface area (Å²) in [5.74, 6) is -1.36. The summed E-state index contributed by atoms with van der Waals surface area (Å²) < 4.78 is 106. The van der Waals surface area contributed by atoms with Crippen molar-refractivity contribution in [1.82, 2.24) is 24.4 Å². The fourth-order valence-electron chi connectivity index (χ4n) is 3.74. The van der Waals surface area contributed by atoms with E-state index in [0.717, 1.165) is 18.2 Å². The van der Waals surface area contributed by atoms with Crippen molar-refractivity contribution in [2.45, 2.75) is 37.6 Å². The summed E-state index contributed by atoms with van der Waals surface area (Å²) in [4.78, 5) is 25.6. The number of halogens is 7. The van der Waals surface area contributed by atoms with Gasteiger partial charge >= 0.3 is 18.0 Å². The smallest absolute Gasteiger partial charge is 0.382 e. The number of aromatic nitrogens is 3. The Morgan fingerprint density at radius 2 is 1.68 bits per heavy atom. The fraction of sp³-hybridized carbons (Fsp3) is 0.348. The number of hydrogen-bond donors (Lipinski definition) is 3. The molecule has 0 saturated carbocycles. The summed E-state index contributed by atoms with van der Waals surface area (Å²) in [6, 6.07) is 7.92. The molecule has 0 bridgehead atoms. The van der Waals surface area contributed by atoms with E-state index >= 15 is 0 Å². The molecule has 0 saturated heterocycles. The molecule has 3 aromatic rings. The third-order valence-electron chi connectivity index (χ3n) is 5.55. The van der Waals surface area contributed by atoms with E-state index in [1.165, 1.54) is 30.3 Å². The number of rotatable bonds is 10. The summed E-state index contributed by atoms with van der Waals surface area (Å²) in [5, 5.41) is 15.9. The van der Waals surface area contributed by atoms with Crippen LogP contribution in [0.3, 0.4) is 0 Å². The van der Waals surface area contributed by atoms with Gasteiger partial charge in [0, 0.05) is 17.1 Å². The molecule has 1 aromatic heterocycles. The maximum atomic E-state index is 13.5. The highest BCUT2D eigenvalue weighted by Crippen LogP contribution is 2.34. The Bertz CT molecular complexity index is 1550. The number of carbonyl (C=O) groups excluding carboxylic acids is 1. The fourth-order valence-corrected chi connectivity index (χ4v) is 4.59. The van der Waals surface area contributed by atoms with Gasteiger partial charge in [0.05, 0.1) is 24.4 Å². The molecule has 0 fully saturated rings. The molecule has 1 unspecified atom stereocenters. The number of aliphatic hydroxyl groups is 1. The van der Waals surface area contributed by atoms with Crippen LogP contribution in [-0.2, 0) is 34.1 Å². The van der Waals surface area contributed by atoms with Crippen LogP contribution in [0, 0.1) is 0 Å². The molecule has 18 heteroatoms. The van der Waals surface area contributed by atoms with Crippen molar-refractivity contribution in [2.75, 3.05) is 12.8 Å². The summed E-state index contributed by atoms with van der Waals surface area (Å²) >= 11 is 5.83. The first-order chi connectivity index (χ1) is 18.9. The average molecular weight is 630 g/mol. The summed E-state index contributed by atoms with van der Waals surface area (Å²) in [6.45, 7) is -2.84. The monoisotopic (exact) mass is 629 g/mol. The third-order valence-corrected chi connectivity index (χ3v) is 6.52. The number of nitrogens with zero attached hydrogens (tertiary/aromatic N) is 3. The Morgan fingerprint density at radius 3 is 2.24 bits per heavy atom. The summed E-state index contributed by atoms with van der Waals surface area (Å²) in [5.41, 5.74) is -2.72. The summed E-state index contributed by atoms with van der Waals surface area (Å²) in [6.07, 6.45) is -12.2. The van der Waals surface area contributed by atoms with E-state index in [0.29, 0.717) is 15.5 Å². The minimum atomic E-state index is -5.08. The van der Waals surface area contributed by atoms with Gasteiger partial charge in [-0.05, 0) is 35.9 Å². The molecule has 2 aromatic carbocycles. The lowest BCUT2D eigenvalue weighted by Crippen LogP contribution is -2.41. The number of nitrogens with one attached hydrogen (secondary N) is 2. The van der Waals surface area contributed by atoms with Gasteiger partial charge in [-0.15, -0.1) is 5.10 Å². The van der Waals surface area contributed by atoms with E-state index in [-0.39, 0.29) is 16.4 Å². The van der Waals surface area contributed by atoms with Gasteiger partial charge in [0.25, 0.3) is 0 Å². The molecule has 41 heavy (non-hydrogen) atoms. The lowest BCUT2D eigenvalue weighted by atomic mass is 10.0. The lowest BCUT2D eigenvalue weighted by molar-refractivity contribution is -0.207. The molecule has 0 spiro atoms. The van der Waals surface area contributed by atoms with E-state index in [4.69, 9.17) is 11.6 Å². The van der Waals surface area contributed by atoms with E-state index in [9.17, 15) is 49.5 Å². The van der Waals surface area contributed by atoms with Crippen LogP contribution in [0.15, 0.2) is 53.3 Å². The Kier molecular flexibility index (Phi) is 9.57. The van der Waals surface area contributed by atoms with E-state index < -0.39 is 76.9 Å². The molecule has 0 aliphatic heterocycles. The third kappa shape index (κ3) is 8.54. The van der Waals surface area contributed by atoms with Crippen LogP contribution in [0.2, 0.25) is 5.02 Å². The number of hydrogen-bond acceptors (Lipinski definition) is 6. The largest absolute Gasteiger partial charge is 0.416 e. The van der Waals surface area contributed by atoms with Crippen molar-refractivity contribution in [3.63, 3.8) is 0 Å². The van der Waals surface area contributed by atoms with Gasteiger partial charge in [0.15, 0.2) is 11.9 Å². The van der Waals surface area contributed by atoms with E-state index in [1.54, 1.807) is 0 Å². The van der Waals surface area contributed by atoms with Crippen molar-refractivity contribution in [3.8, 4) is 11.4 Å². The predicted molar refractivity (Wildman–Crippen MR) is 134 cm³/mol. The van der Waals surface area contributed by atoms with Crippen molar-refractivity contribution >= 4 is 27.5 Å². The van der Waals surface area contributed by atoms with E-state index in [1.807, 2.05) is 4.72 Å². The van der Waals surface area contributed by atoms with Gasteiger partial charge in [0.2, 0.25) is 15.9 Å². The maximum absolute atomic E-state index is 13.5. The molecule has 1 heterocycles. The maximum Gasteiger partial charge on any atom is 0.416 e. The predicted octanol–water partition coefficient (Wildman–Crippen LogP) is 2.71. The number of sulfonamides is 1. The highest BCUT2D eigenvalue weighted by Gasteiger charge is 2.39. The van der Waals surface area contributed by atoms with Crippen molar-refractivity contribution in [3.05, 3.63) is 75.2 Å². The average Bonchev–Trinajstić information content (AvgIpc) is 3.15. The van der Waals surface area contributed by atoms with Gasteiger partial charge < -0.3 is 10.4 Å². The number of alkyl halides is 6. The van der Waals surface area contributed by atoms with Gasteiger partial charge in [0.1, 0.15) is 6.54 Å². The SMILES string of the molecule is CS(=O)(=O)NC(CNC(=O)Cn1nc(-c2ccc(Cl)cc2)n(C[C@H](O)C(F)(F)F)c1=O)c1ccccc1C(F)(F)F. The number of aliphatic hydroxyl groups excluding tert-OH is 1. The van der Waals surface area contributed by atoms with Crippen LogP contribution >= 0.6 is 11.6 Å². The minimum Gasteiger partial charge on any atom is -0.382 e. The molecule has 0 radical (unpaired) electrons. The summed E-state index contributed by atoms with van der Waals surface area (Å²) in [7, 11) is -4.07. The highest BCUT2D eigenvalue weighted by molar-refractivity contribution is 7.88. The van der Waals surface area contributed by atoms with Crippen LogP contribution < -0.4 is 15.7 Å². The Morgan fingerprint density at radius 1 is 1.07 bits per heavy atom. The zero-order valence-electron chi connectivity index (χ0n) is 20.9. The molecule has 0 aliphatic rings. The van der Waals surface area contributed by atoms with Gasteiger partial charge in [-0.1, -0.05) is 29.8 Å². The first kappa shape index (κ1) is 32.1.